The van der Waals surface area contributed by atoms with Crippen molar-refractivity contribution in [1.29, 1.82) is 0 Å². The van der Waals surface area contributed by atoms with Crippen LogP contribution in [0.2, 0.25) is 0 Å². The zero-order valence-electron chi connectivity index (χ0n) is 21.1. The van der Waals surface area contributed by atoms with E-state index in [9.17, 15) is 4.79 Å². The Hall–Kier alpha value is -2.48. The fourth-order valence-electron chi connectivity index (χ4n) is 5.50. The molecular weight excluding hydrogens is 478 g/mol. The van der Waals surface area contributed by atoms with Gasteiger partial charge in [0.2, 0.25) is 0 Å². The van der Waals surface area contributed by atoms with Gasteiger partial charge in [0, 0.05) is 42.8 Å². The molecule has 8 heteroatoms. The lowest BCUT2D eigenvalue weighted by atomic mass is 9.85. The average Bonchev–Trinajstić information content (AvgIpc) is 3.24. The van der Waals surface area contributed by atoms with Gasteiger partial charge in [0.15, 0.2) is 0 Å². The number of fused-ring (bicyclic) bond motifs is 2. The van der Waals surface area contributed by atoms with Gasteiger partial charge in [-0.1, -0.05) is 35.9 Å². The van der Waals surface area contributed by atoms with E-state index in [0.29, 0.717) is 13.2 Å². The Morgan fingerprint density at radius 3 is 2.72 bits per heavy atom. The summed E-state index contributed by atoms with van der Waals surface area (Å²) in [5.74, 6) is 1.06. The first-order valence-electron chi connectivity index (χ1n) is 13.0. The second-order valence-corrected chi connectivity index (χ2v) is 10.5. The van der Waals surface area contributed by atoms with Crippen molar-refractivity contribution in [2.75, 3.05) is 46.0 Å². The number of allylic oxidation sites excluding steroid dienone is 2. The highest BCUT2D eigenvalue weighted by Gasteiger charge is 2.43. The molecular formula is C28H36ClN3O4. The highest BCUT2D eigenvalue weighted by Crippen LogP contribution is 2.45. The molecule has 1 aromatic rings. The smallest absolute Gasteiger partial charge is 0.410 e. The zero-order chi connectivity index (χ0) is 25.1. The molecule has 194 valence electrons. The molecule has 0 saturated carbocycles. The topological polar surface area (TPSA) is 63.3 Å². The summed E-state index contributed by atoms with van der Waals surface area (Å²) >= 11 is 6.34. The number of carbonyl (C=O) groups excluding carboxylic acids is 1. The highest BCUT2D eigenvalue weighted by molar-refractivity contribution is 6.31. The van der Waals surface area contributed by atoms with Crippen LogP contribution in [0.15, 0.2) is 58.8 Å². The fourth-order valence-corrected chi connectivity index (χ4v) is 5.71. The normalized spacial score (nSPS) is 25.8. The SMILES string of the molecule is CC(C)OC(=O)N1CCC2=C(NC3C=CC(Cl)=CC23)C1c1ccc(OCCCN2CCOCC2)cc1. The first-order chi connectivity index (χ1) is 17.5. The lowest BCUT2D eigenvalue weighted by Gasteiger charge is -2.37. The summed E-state index contributed by atoms with van der Waals surface area (Å²) in [6, 6.07) is 8.07. The van der Waals surface area contributed by atoms with Crippen molar-refractivity contribution >= 4 is 17.7 Å². The molecule has 1 N–H and O–H groups in total. The van der Waals surface area contributed by atoms with Gasteiger partial charge in [0.05, 0.1) is 32.0 Å². The van der Waals surface area contributed by atoms with E-state index in [0.717, 1.165) is 67.7 Å². The van der Waals surface area contributed by atoms with Crippen LogP contribution in [0.4, 0.5) is 4.79 Å². The molecule has 4 aliphatic rings. The van der Waals surface area contributed by atoms with Crippen LogP contribution in [0.1, 0.15) is 38.3 Å². The van der Waals surface area contributed by atoms with E-state index >= 15 is 0 Å². The summed E-state index contributed by atoms with van der Waals surface area (Å²) in [4.78, 5) is 17.3. The second-order valence-electron chi connectivity index (χ2n) is 10.0. The molecule has 3 heterocycles. The lowest BCUT2D eigenvalue weighted by Crippen LogP contribution is -2.42. The molecule has 0 radical (unpaired) electrons. The molecule has 5 rings (SSSR count). The molecule has 0 aromatic heterocycles. The molecule has 1 saturated heterocycles. The maximum absolute atomic E-state index is 13.1. The Kier molecular flexibility index (Phi) is 7.89. The number of hydrogen-bond acceptors (Lipinski definition) is 6. The van der Waals surface area contributed by atoms with Gasteiger partial charge in [-0.25, -0.2) is 4.79 Å². The largest absolute Gasteiger partial charge is 0.494 e. The van der Waals surface area contributed by atoms with Crippen molar-refractivity contribution in [3.05, 3.63) is 64.4 Å². The maximum Gasteiger partial charge on any atom is 0.410 e. The monoisotopic (exact) mass is 513 g/mol. The van der Waals surface area contributed by atoms with E-state index in [1.54, 1.807) is 0 Å². The van der Waals surface area contributed by atoms with Gasteiger partial charge in [-0.2, -0.15) is 0 Å². The van der Waals surface area contributed by atoms with Crippen molar-refractivity contribution in [2.45, 2.75) is 44.9 Å². The van der Waals surface area contributed by atoms with Crippen molar-refractivity contribution in [1.82, 2.24) is 15.1 Å². The minimum absolute atomic E-state index is 0.162. The number of benzene rings is 1. The molecule has 1 aromatic carbocycles. The van der Waals surface area contributed by atoms with E-state index in [1.165, 1.54) is 5.57 Å². The van der Waals surface area contributed by atoms with Gasteiger partial charge in [-0.15, -0.1) is 0 Å². The minimum atomic E-state index is -0.286. The molecule has 1 aliphatic carbocycles. The zero-order valence-corrected chi connectivity index (χ0v) is 21.9. The van der Waals surface area contributed by atoms with Gasteiger partial charge in [0.25, 0.3) is 0 Å². The Labute approximate surface area is 218 Å². The number of amides is 1. The quantitative estimate of drug-likeness (QED) is 0.537. The molecule has 0 spiro atoms. The van der Waals surface area contributed by atoms with Crippen LogP contribution in [-0.2, 0) is 9.47 Å². The van der Waals surface area contributed by atoms with Crippen LogP contribution >= 0.6 is 11.6 Å². The van der Waals surface area contributed by atoms with E-state index < -0.39 is 0 Å². The summed E-state index contributed by atoms with van der Waals surface area (Å²) in [6.07, 6.45) is 7.50. The molecule has 1 fully saturated rings. The summed E-state index contributed by atoms with van der Waals surface area (Å²) in [6.45, 7) is 9.70. The van der Waals surface area contributed by atoms with Gasteiger partial charge in [0.1, 0.15) is 11.8 Å². The van der Waals surface area contributed by atoms with Crippen molar-refractivity contribution < 1.29 is 19.0 Å². The molecule has 1 amide bonds. The van der Waals surface area contributed by atoms with E-state index in [4.69, 9.17) is 25.8 Å². The van der Waals surface area contributed by atoms with Gasteiger partial charge in [-0.3, -0.25) is 9.80 Å². The summed E-state index contributed by atoms with van der Waals surface area (Å²) in [7, 11) is 0. The fraction of sp³-hybridized carbons (Fsp3) is 0.536. The third-order valence-electron chi connectivity index (χ3n) is 7.22. The molecule has 3 aliphatic heterocycles. The molecule has 0 bridgehead atoms. The van der Waals surface area contributed by atoms with E-state index in [2.05, 4.69) is 34.5 Å². The predicted octanol–water partition coefficient (Wildman–Crippen LogP) is 4.61. The number of hydrogen-bond donors (Lipinski definition) is 1. The van der Waals surface area contributed by atoms with E-state index in [-0.39, 0.29) is 30.2 Å². The number of rotatable bonds is 7. The third-order valence-corrected chi connectivity index (χ3v) is 7.48. The molecule has 36 heavy (non-hydrogen) atoms. The van der Waals surface area contributed by atoms with Crippen LogP contribution in [-0.4, -0.2) is 74.0 Å². The number of halogens is 1. The maximum atomic E-state index is 13.1. The lowest BCUT2D eigenvalue weighted by molar-refractivity contribution is 0.0358. The van der Waals surface area contributed by atoms with Crippen molar-refractivity contribution in [2.24, 2.45) is 5.92 Å². The summed E-state index contributed by atoms with van der Waals surface area (Å²) in [5, 5.41) is 4.45. The first kappa shape index (κ1) is 25.2. The van der Waals surface area contributed by atoms with Crippen molar-refractivity contribution in [3.8, 4) is 5.75 Å². The van der Waals surface area contributed by atoms with Crippen LogP contribution < -0.4 is 10.1 Å². The van der Waals surface area contributed by atoms with Crippen LogP contribution in [0, 0.1) is 5.92 Å². The minimum Gasteiger partial charge on any atom is -0.494 e. The van der Waals surface area contributed by atoms with Gasteiger partial charge < -0.3 is 19.5 Å². The Morgan fingerprint density at radius 2 is 1.97 bits per heavy atom. The molecule has 7 nitrogen and oxygen atoms in total. The first-order valence-corrected chi connectivity index (χ1v) is 13.4. The number of nitrogens with one attached hydrogen (secondary N) is 1. The summed E-state index contributed by atoms with van der Waals surface area (Å²) in [5.41, 5.74) is 3.45. The average molecular weight is 514 g/mol. The van der Waals surface area contributed by atoms with Gasteiger partial charge >= 0.3 is 6.09 Å². The number of ether oxygens (including phenoxy) is 3. The summed E-state index contributed by atoms with van der Waals surface area (Å²) < 4.78 is 17.0. The van der Waals surface area contributed by atoms with Gasteiger partial charge in [-0.05, 0) is 56.0 Å². The third kappa shape index (κ3) is 5.58. The molecule has 3 unspecified atom stereocenters. The number of carbonyl (C=O) groups is 1. The molecule has 3 atom stereocenters. The Balaban J connectivity index is 1.30. The van der Waals surface area contributed by atoms with Crippen LogP contribution in [0.3, 0.4) is 0 Å². The van der Waals surface area contributed by atoms with Crippen molar-refractivity contribution in [3.63, 3.8) is 0 Å². The number of nitrogens with zero attached hydrogens (tertiary/aromatic N) is 2. The second kappa shape index (κ2) is 11.3. The van der Waals surface area contributed by atoms with Crippen LogP contribution in [0.25, 0.3) is 0 Å². The van der Waals surface area contributed by atoms with E-state index in [1.807, 2.05) is 37.0 Å². The Bertz CT molecular complexity index is 1030. The van der Waals surface area contributed by atoms with Crippen LogP contribution in [0.5, 0.6) is 5.75 Å². The highest BCUT2D eigenvalue weighted by atomic mass is 35.5. The predicted molar refractivity (Wildman–Crippen MR) is 140 cm³/mol. The standard InChI is InChI=1S/C28H36ClN3O4/c1-19(2)36-28(33)32-12-10-23-24-18-21(29)6-9-25(24)30-26(23)27(32)20-4-7-22(8-5-20)35-15-3-11-31-13-16-34-17-14-31/h4-9,18-19,24-25,27,30H,3,10-17H2,1-2H3. The number of morpholine rings is 1. The Morgan fingerprint density at radius 1 is 1.19 bits per heavy atom.